The first-order valence-electron chi connectivity index (χ1n) is 7.28. The Labute approximate surface area is 135 Å². The van der Waals surface area contributed by atoms with Crippen molar-refractivity contribution in [2.75, 3.05) is 5.75 Å². The highest BCUT2D eigenvalue weighted by atomic mass is 32.2. The molecular formula is C15H20N4O3S. The number of aryl methyl sites for hydroxylation is 2. The number of nitrogens with zero attached hydrogens (tertiary/aromatic N) is 3. The largest absolute Gasteiger partial charge is 0.353 e. The number of nitrogens with one attached hydrogen (secondary N) is 1. The third-order valence-corrected chi connectivity index (χ3v) is 4.95. The van der Waals surface area contributed by atoms with E-state index in [0.717, 1.165) is 12.8 Å². The molecule has 0 radical (unpaired) electrons. The van der Waals surface area contributed by atoms with E-state index in [1.165, 1.54) is 23.5 Å². The van der Waals surface area contributed by atoms with Gasteiger partial charge in [0, 0.05) is 13.1 Å². The van der Waals surface area contributed by atoms with Crippen LogP contribution in [-0.2, 0) is 28.1 Å². The predicted octanol–water partition coefficient (Wildman–Crippen LogP) is 0.726. The third kappa shape index (κ3) is 4.88. The van der Waals surface area contributed by atoms with E-state index in [0.29, 0.717) is 0 Å². The number of hydrogen-bond donors (Lipinski definition) is 1. The molecule has 1 N–H and O–H groups in total. The van der Waals surface area contributed by atoms with Gasteiger partial charge in [0.25, 0.3) is 0 Å². The number of carbonyl (C=O) groups is 1. The Kier molecular flexibility index (Phi) is 5.49. The highest BCUT2D eigenvalue weighted by molar-refractivity contribution is 7.91. The van der Waals surface area contributed by atoms with Gasteiger partial charge in [0.2, 0.25) is 20.9 Å². The standard InChI is InChI=1S/C15H20N4O3S/c1-12(8-9-13-6-4-3-5-7-13)17-14(20)10-23(21,22)15-18-16-11-19(15)2/h3-7,11-12H,8-10H2,1-2H3,(H,17,20). The summed E-state index contributed by atoms with van der Waals surface area (Å²) < 4.78 is 25.5. The summed E-state index contributed by atoms with van der Waals surface area (Å²) in [6, 6.07) is 9.81. The fourth-order valence-corrected chi connectivity index (χ4v) is 3.42. The van der Waals surface area contributed by atoms with Crippen LogP contribution in [0.15, 0.2) is 41.8 Å². The van der Waals surface area contributed by atoms with E-state index in [-0.39, 0.29) is 11.2 Å². The zero-order chi connectivity index (χ0) is 16.9. The topological polar surface area (TPSA) is 93.9 Å². The molecule has 2 aromatic rings. The van der Waals surface area contributed by atoms with Crippen molar-refractivity contribution in [3.8, 4) is 0 Å². The van der Waals surface area contributed by atoms with Crippen molar-refractivity contribution in [1.29, 1.82) is 0 Å². The number of sulfone groups is 1. The Morgan fingerprint density at radius 3 is 2.61 bits per heavy atom. The fourth-order valence-electron chi connectivity index (χ4n) is 2.21. The number of carbonyl (C=O) groups excluding carboxylic acids is 1. The summed E-state index contributed by atoms with van der Waals surface area (Å²) in [5, 5.41) is 9.57. The molecule has 8 heteroatoms. The highest BCUT2D eigenvalue weighted by Crippen LogP contribution is 2.07. The van der Waals surface area contributed by atoms with E-state index in [1.54, 1.807) is 0 Å². The first-order chi connectivity index (χ1) is 10.9. The van der Waals surface area contributed by atoms with Gasteiger partial charge < -0.3 is 9.88 Å². The molecule has 0 aliphatic rings. The summed E-state index contributed by atoms with van der Waals surface area (Å²) in [5.41, 5.74) is 1.18. The molecule has 23 heavy (non-hydrogen) atoms. The zero-order valence-electron chi connectivity index (χ0n) is 13.1. The molecule has 0 aliphatic carbocycles. The van der Waals surface area contributed by atoms with Crippen LogP contribution in [0.2, 0.25) is 0 Å². The first-order valence-corrected chi connectivity index (χ1v) is 8.94. The van der Waals surface area contributed by atoms with Crippen molar-refractivity contribution >= 4 is 15.7 Å². The van der Waals surface area contributed by atoms with Crippen molar-refractivity contribution in [2.24, 2.45) is 7.05 Å². The van der Waals surface area contributed by atoms with Gasteiger partial charge in [0.1, 0.15) is 12.1 Å². The van der Waals surface area contributed by atoms with Gasteiger partial charge in [-0.15, -0.1) is 10.2 Å². The minimum atomic E-state index is -3.78. The van der Waals surface area contributed by atoms with Crippen LogP contribution in [0.3, 0.4) is 0 Å². The molecule has 1 atom stereocenters. The molecule has 0 saturated carbocycles. The molecule has 0 saturated heterocycles. The number of rotatable bonds is 7. The Bertz CT molecular complexity index is 756. The average molecular weight is 336 g/mol. The Morgan fingerprint density at radius 2 is 2.00 bits per heavy atom. The van der Waals surface area contributed by atoms with Crippen molar-refractivity contribution in [3.63, 3.8) is 0 Å². The highest BCUT2D eigenvalue weighted by Gasteiger charge is 2.24. The van der Waals surface area contributed by atoms with E-state index >= 15 is 0 Å². The number of hydrogen-bond acceptors (Lipinski definition) is 5. The molecule has 0 spiro atoms. The van der Waals surface area contributed by atoms with Gasteiger partial charge in [0.15, 0.2) is 0 Å². The van der Waals surface area contributed by atoms with E-state index in [4.69, 9.17) is 0 Å². The second kappa shape index (κ2) is 7.36. The molecule has 1 heterocycles. The van der Waals surface area contributed by atoms with Crippen molar-refractivity contribution in [3.05, 3.63) is 42.2 Å². The van der Waals surface area contributed by atoms with E-state index < -0.39 is 21.5 Å². The van der Waals surface area contributed by atoms with Crippen LogP contribution in [0.4, 0.5) is 0 Å². The lowest BCUT2D eigenvalue weighted by atomic mass is 10.1. The molecular weight excluding hydrogens is 316 g/mol. The van der Waals surface area contributed by atoms with Gasteiger partial charge >= 0.3 is 0 Å². The maximum atomic E-state index is 12.1. The maximum absolute atomic E-state index is 12.1. The number of benzene rings is 1. The lowest BCUT2D eigenvalue weighted by Gasteiger charge is -2.13. The maximum Gasteiger partial charge on any atom is 0.249 e. The summed E-state index contributed by atoms with van der Waals surface area (Å²) >= 11 is 0. The van der Waals surface area contributed by atoms with Crippen LogP contribution < -0.4 is 5.32 Å². The smallest absolute Gasteiger partial charge is 0.249 e. The van der Waals surface area contributed by atoms with Crippen molar-refractivity contribution in [2.45, 2.75) is 31.0 Å². The normalized spacial score (nSPS) is 12.8. The van der Waals surface area contributed by atoms with Gasteiger partial charge in [-0.3, -0.25) is 4.79 Å². The van der Waals surface area contributed by atoms with E-state index in [1.807, 2.05) is 37.3 Å². The summed E-state index contributed by atoms with van der Waals surface area (Å²) in [7, 11) is -2.26. The van der Waals surface area contributed by atoms with Crippen LogP contribution in [0.25, 0.3) is 0 Å². The average Bonchev–Trinajstić information content (AvgIpc) is 2.92. The molecule has 1 unspecified atom stereocenters. The molecule has 0 bridgehead atoms. The van der Waals surface area contributed by atoms with Crippen LogP contribution in [0, 0.1) is 0 Å². The molecule has 1 aromatic heterocycles. The lowest BCUT2D eigenvalue weighted by molar-refractivity contribution is -0.119. The lowest BCUT2D eigenvalue weighted by Crippen LogP contribution is -2.37. The van der Waals surface area contributed by atoms with E-state index in [9.17, 15) is 13.2 Å². The Morgan fingerprint density at radius 1 is 1.30 bits per heavy atom. The Balaban J connectivity index is 1.86. The molecule has 0 fully saturated rings. The molecule has 124 valence electrons. The van der Waals surface area contributed by atoms with Gasteiger partial charge in [-0.25, -0.2) is 8.42 Å². The summed E-state index contributed by atoms with van der Waals surface area (Å²) in [4.78, 5) is 11.9. The summed E-state index contributed by atoms with van der Waals surface area (Å²) in [5.74, 6) is -1.16. The van der Waals surface area contributed by atoms with Crippen LogP contribution in [-0.4, -0.2) is 40.9 Å². The molecule has 1 amide bonds. The van der Waals surface area contributed by atoms with E-state index in [2.05, 4.69) is 15.5 Å². The zero-order valence-corrected chi connectivity index (χ0v) is 14.0. The molecule has 2 rings (SSSR count). The number of amides is 1. The first kappa shape index (κ1) is 17.1. The second-order valence-electron chi connectivity index (χ2n) is 5.48. The fraction of sp³-hybridized carbons (Fsp3) is 0.400. The van der Waals surface area contributed by atoms with Crippen LogP contribution in [0.1, 0.15) is 18.9 Å². The van der Waals surface area contributed by atoms with Gasteiger partial charge in [0.05, 0.1) is 0 Å². The third-order valence-electron chi connectivity index (χ3n) is 3.39. The minimum absolute atomic E-state index is 0.114. The van der Waals surface area contributed by atoms with Crippen LogP contribution >= 0.6 is 0 Å². The second-order valence-corrected chi connectivity index (χ2v) is 7.36. The molecule has 7 nitrogen and oxygen atoms in total. The SMILES string of the molecule is CC(CCc1ccccc1)NC(=O)CS(=O)(=O)c1nncn1C. The van der Waals surface area contributed by atoms with Crippen LogP contribution in [0.5, 0.6) is 0 Å². The molecule has 0 aliphatic heterocycles. The minimum Gasteiger partial charge on any atom is -0.353 e. The summed E-state index contributed by atoms with van der Waals surface area (Å²) in [6.07, 6.45) is 2.84. The monoisotopic (exact) mass is 336 g/mol. The quantitative estimate of drug-likeness (QED) is 0.804. The van der Waals surface area contributed by atoms with Gasteiger partial charge in [-0.1, -0.05) is 30.3 Å². The summed E-state index contributed by atoms with van der Waals surface area (Å²) in [6.45, 7) is 1.86. The predicted molar refractivity (Wildman–Crippen MR) is 85.4 cm³/mol. The molecule has 1 aromatic carbocycles. The van der Waals surface area contributed by atoms with Gasteiger partial charge in [-0.2, -0.15) is 0 Å². The van der Waals surface area contributed by atoms with Gasteiger partial charge in [-0.05, 0) is 25.3 Å². The van der Waals surface area contributed by atoms with Crippen molar-refractivity contribution in [1.82, 2.24) is 20.1 Å². The Hall–Kier alpha value is -2.22. The number of aromatic nitrogens is 3. The van der Waals surface area contributed by atoms with Crippen molar-refractivity contribution < 1.29 is 13.2 Å².